The number of amides is 1. The molecule has 0 saturated carbocycles. The average molecular weight is 453 g/mol. The maximum absolute atomic E-state index is 14.7. The Bertz CT molecular complexity index is 1120. The molecule has 33 heavy (non-hydrogen) atoms. The van der Waals surface area contributed by atoms with Crippen molar-refractivity contribution in [2.45, 2.75) is 26.3 Å². The molecule has 174 valence electrons. The highest BCUT2D eigenvalue weighted by Crippen LogP contribution is 2.28. The standard InChI is InChI=1S/C24H29FN6O2/c1-14(2)9-17(13-26)30-24-20(25)12-19(22(27)32)23(31-24)29-16-7-8-28-21(11-16)15-5-4-6-18(10-15)33-3/h4-8,10-12,14,17H,9,13,26H2,1-3H3,(H2,27,32)(H2,28,29,30,31)/t17-/m1/s1. The van der Waals surface area contributed by atoms with Crippen LogP contribution in [0.1, 0.15) is 30.6 Å². The number of pyridine rings is 2. The number of rotatable bonds is 10. The van der Waals surface area contributed by atoms with E-state index in [2.05, 4.69) is 34.4 Å². The molecule has 0 aliphatic rings. The van der Waals surface area contributed by atoms with Gasteiger partial charge in [0.05, 0.1) is 18.4 Å². The molecule has 1 aromatic carbocycles. The second-order valence-electron chi connectivity index (χ2n) is 8.07. The fraction of sp³-hybridized carbons (Fsp3) is 0.292. The molecule has 2 heterocycles. The predicted octanol–water partition coefficient (Wildman–Crippen LogP) is 3.92. The number of benzene rings is 1. The Labute approximate surface area is 192 Å². The lowest BCUT2D eigenvalue weighted by atomic mass is 10.0. The minimum absolute atomic E-state index is 0.000625. The van der Waals surface area contributed by atoms with Gasteiger partial charge < -0.3 is 26.8 Å². The van der Waals surface area contributed by atoms with Gasteiger partial charge in [-0.3, -0.25) is 9.78 Å². The number of hydrogen-bond donors (Lipinski definition) is 4. The van der Waals surface area contributed by atoms with E-state index >= 15 is 0 Å². The third-order valence-electron chi connectivity index (χ3n) is 5.01. The molecule has 0 fully saturated rings. The van der Waals surface area contributed by atoms with Crippen molar-refractivity contribution in [3.05, 3.63) is 60.0 Å². The van der Waals surface area contributed by atoms with E-state index < -0.39 is 11.7 Å². The molecule has 0 bridgehead atoms. The smallest absolute Gasteiger partial charge is 0.252 e. The Balaban J connectivity index is 1.94. The summed E-state index contributed by atoms with van der Waals surface area (Å²) in [6.45, 7) is 4.43. The fourth-order valence-electron chi connectivity index (χ4n) is 3.43. The van der Waals surface area contributed by atoms with Gasteiger partial charge in [-0.2, -0.15) is 0 Å². The Kier molecular flexibility index (Phi) is 7.78. The molecular weight excluding hydrogens is 423 g/mol. The van der Waals surface area contributed by atoms with Crippen LogP contribution in [-0.4, -0.2) is 35.6 Å². The molecule has 3 aromatic rings. The first-order chi connectivity index (χ1) is 15.8. The molecule has 0 spiro atoms. The molecule has 0 aliphatic heterocycles. The third-order valence-corrected chi connectivity index (χ3v) is 5.01. The van der Waals surface area contributed by atoms with Crippen LogP contribution in [0.15, 0.2) is 48.7 Å². The highest BCUT2D eigenvalue weighted by Gasteiger charge is 2.19. The monoisotopic (exact) mass is 452 g/mol. The van der Waals surface area contributed by atoms with E-state index in [9.17, 15) is 9.18 Å². The number of nitrogens with two attached hydrogens (primary N) is 2. The minimum atomic E-state index is -0.796. The summed E-state index contributed by atoms with van der Waals surface area (Å²) in [6.07, 6.45) is 2.36. The number of anilines is 3. The lowest BCUT2D eigenvalue weighted by Gasteiger charge is -2.21. The summed E-state index contributed by atoms with van der Waals surface area (Å²) < 4.78 is 20.0. The number of nitrogens with one attached hydrogen (secondary N) is 2. The van der Waals surface area contributed by atoms with E-state index in [1.54, 1.807) is 25.4 Å². The number of halogens is 1. The zero-order valence-corrected chi connectivity index (χ0v) is 18.9. The number of aromatic nitrogens is 2. The Morgan fingerprint density at radius 1 is 1.18 bits per heavy atom. The van der Waals surface area contributed by atoms with Crippen molar-refractivity contribution < 1.29 is 13.9 Å². The van der Waals surface area contributed by atoms with Crippen molar-refractivity contribution in [2.24, 2.45) is 17.4 Å². The van der Waals surface area contributed by atoms with Crippen molar-refractivity contribution in [3.8, 4) is 17.0 Å². The summed E-state index contributed by atoms with van der Waals surface area (Å²) in [4.78, 5) is 20.7. The molecule has 0 aliphatic carbocycles. The van der Waals surface area contributed by atoms with Crippen LogP contribution in [0.3, 0.4) is 0 Å². The molecule has 2 aromatic heterocycles. The van der Waals surface area contributed by atoms with Gasteiger partial charge in [0, 0.05) is 30.0 Å². The SMILES string of the molecule is COc1cccc(-c2cc(Nc3nc(N[C@@H](CN)CC(C)C)c(F)cc3C(N)=O)ccn2)c1. The Hall–Kier alpha value is -3.72. The van der Waals surface area contributed by atoms with E-state index in [0.717, 1.165) is 18.1 Å². The number of ether oxygens (including phenoxy) is 1. The lowest BCUT2D eigenvalue weighted by molar-refractivity contribution is 0.100. The summed E-state index contributed by atoms with van der Waals surface area (Å²) in [6, 6.07) is 11.9. The Morgan fingerprint density at radius 3 is 2.64 bits per heavy atom. The highest BCUT2D eigenvalue weighted by molar-refractivity contribution is 5.98. The maximum Gasteiger partial charge on any atom is 0.252 e. The topological polar surface area (TPSA) is 128 Å². The third kappa shape index (κ3) is 6.17. The second kappa shape index (κ2) is 10.7. The summed E-state index contributed by atoms with van der Waals surface area (Å²) in [7, 11) is 1.60. The van der Waals surface area contributed by atoms with E-state index in [1.165, 1.54) is 0 Å². The van der Waals surface area contributed by atoms with Crippen LogP contribution in [0.25, 0.3) is 11.3 Å². The van der Waals surface area contributed by atoms with Gasteiger partial charge >= 0.3 is 0 Å². The minimum Gasteiger partial charge on any atom is -0.497 e. The van der Waals surface area contributed by atoms with Crippen molar-refractivity contribution in [3.63, 3.8) is 0 Å². The number of primary amides is 1. The number of methoxy groups -OCH3 is 1. The second-order valence-corrected chi connectivity index (χ2v) is 8.07. The normalized spacial score (nSPS) is 11.8. The first-order valence-corrected chi connectivity index (χ1v) is 10.6. The summed E-state index contributed by atoms with van der Waals surface area (Å²) in [5.41, 5.74) is 13.4. The number of hydrogen-bond acceptors (Lipinski definition) is 7. The van der Waals surface area contributed by atoms with Crippen LogP contribution >= 0.6 is 0 Å². The van der Waals surface area contributed by atoms with Crippen LogP contribution in [-0.2, 0) is 0 Å². The Morgan fingerprint density at radius 2 is 1.97 bits per heavy atom. The molecular formula is C24H29FN6O2. The first kappa shape index (κ1) is 23.9. The van der Waals surface area contributed by atoms with Gasteiger partial charge in [-0.25, -0.2) is 9.37 Å². The molecule has 6 N–H and O–H groups in total. The molecule has 9 heteroatoms. The van der Waals surface area contributed by atoms with Gasteiger partial charge in [-0.05, 0) is 42.7 Å². The number of carbonyl (C=O) groups excluding carboxylic acids is 1. The van der Waals surface area contributed by atoms with Gasteiger partial charge in [0.1, 0.15) is 11.6 Å². The number of carbonyl (C=O) groups is 1. The van der Waals surface area contributed by atoms with Crippen LogP contribution in [0.5, 0.6) is 5.75 Å². The van der Waals surface area contributed by atoms with Crippen molar-refractivity contribution >= 4 is 23.2 Å². The van der Waals surface area contributed by atoms with Gasteiger partial charge in [-0.1, -0.05) is 26.0 Å². The fourth-order valence-corrected chi connectivity index (χ4v) is 3.43. The van der Waals surface area contributed by atoms with Crippen LogP contribution in [0.2, 0.25) is 0 Å². The number of nitrogens with zero attached hydrogens (tertiary/aromatic N) is 2. The summed E-state index contributed by atoms with van der Waals surface area (Å²) >= 11 is 0. The average Bonchev–Trinajstić information content (AvgIpc) is 2.80. The van der Waals surface area contributed by atoms with E-state index in [4.69, 9.17) is 16.2 Å². The van der Waals surface area contributed by atoms with Gasteiger partial charge in [0.25, 0.3) is 5.91 Å². The van der Waals surface area contributed by atoms with E-state index in [-0.39, 0.29) is 23.2 Å². The molecule has 3 rings (SSSR count). The summed E-state index contributed by atoms with van der Waals surface area (Å²) in [5.74, 6) is -0.271. The molecule has 1 atom stereocenters. The van der Waals surface area contributed by atoms with E-state index in [1.807, 2.05) is 24.3 Å². The van der Waals surface area contributed by atoms with Crippen LogP contribution in [0.4, 0.5) is 21.7 Å². The predicted molar refractivity (Wildman–Crippen MR) is 128 cm³/mol. The molecule has 0 saturated heterocycles. The quantitative estimate of drug-likeness (QED) is 0.367. The van der Waals surface area contributed by atoms with Crippen LogP contribution < -0.4 is 26.8 Å². The zero-order valence-electron chi connectivity index (χ0n) is 18.9. The van der Waals surface area contributed by atoms with Crippen molar-refractivity contribution in [1.82, 2.24) is 9.97 Å². The molecule has 0 radical (unpaired) electrons. The first-order valence-electron chi connectivity index (χ1n) is 10.6. The van der Waals surface area contributed by atoms with Crippen molar-refractivity contribution in [2.75, 3.05) is 24.3 Å². The maximum atomic E-state index is 14.7. The van der Waals surface area contributed by atoms with Gasteiger partial charge in [0.15, 0.2) is 11.6 Å². The van der Waals surface area contributed by atoms with Crippen molar-refractivity contribution in [1.29, 1.82) is 0 Å². The van der Waals surface area contributed by atoms with Crippen LogP contribution in [0, 0.1) is 11.7 Å². The largest absolute Gasteiger partial charge is 0.497 e. The molecule has 8 nitrogen and oxygen atoms in total. The highest BCUT2D eigenvalue weighted by atomic mass is 19.1. The zero-order chi connectivity index (χ0) is 24.0. The molecule has 0 unspecified atom stereocenters. The lowest BCUT2D eigenvalue weighted by Crippen LogP contribution is -2.31. The van der Waals surface area contributed by atoms with E-state index in [0.29, 0.717) is 29.6 Å². The van der Waals surface area contributed by atoms with Gasteiger partial charge in [-0.15, -0.1) is 0 Å². The summed E-state index contributed by atoms with van der Waals surface area (Å²) in [5, 5.41) is 6.11. The molecule has 1 amide bonds. The van der Waals surface area contributed by atoms with Gasteiger partial charge in [0.2, 0.25) is 0 Å².